The minimum atomic E-state index is -0.224. The summed E-state index contributed by atoms with van der Waals surface area (Å²) in [6.45, 7) is 6.01. The normalized spacial score (nSPS) is 25.1. The van der Waals surface area contributed by atoms with Crippen molar-refractivity contribution in [3.8, 4) is 0 Å². The van der Waals surface area contributed by atoms with Gasteiger partial charge in [0, 0.05) is 13.1 Å². The molecule has 0 aliphatic carbocycles. The van der Waals surface area contributed by atoms with Crippen molar-refractivity contribution in [2.75, 3.05) is 19.6 Å². The highest BCUT2D eigenvalue weighted by atomic mass is 16.3. The fourth-order valence-electron chi connectivity index (χ4n) is 2.68. The third-order valence-electron chi connectivity index (χ3n) is 3.99. The molecule has 1 fully saturated rings. The molecule has 1 aromatic carbocycles. The summed E-state index contributed by atoms with van der Waals surface area (Å²) in [4.78, 5) is 14.2. The average molecular weight is 276 g/mol. The third-order valence-corrected chi connectivity index (χ3v) is 3.99. The molecule has 3 unspecified atom stereocenters. The molecule has 1 heterocycles. The maximum atomic E-state index is 12.1. The van der Waals surface area contributed by atoms with E-state index in [1.165, 1.54) is 0 Å². The van der Waals surface area contributed by atoms with Crippen LogP contribution in [-0.2, 0) is 4.79 Å². The Morgan fingerprint density at radius 3 is 2.80 bits per heavy atom. The van der Waals surface area contributed by atoms with Crippen LogP contribution in [0, 0.1) is 5.92 Å². The van der Waals surface area contributed by atoms with Crippen LogP contribution in [0.5, 0.6) is 0 Å². The number of hydrogen-bond donors (Lipinski definition) is 2. The smallest absolute Gasteiger partial charge is 0.234 e. The monoisotopic (exact) mass is 276 g/mol. The van der Waals surface area contributed by atoms with Crippen LogP contribution < -0.4 is 5.32 Å². The van der Waals surface area contributed by atoms with E-state index in [0.717, 1.165) is 25.1 Å². The van der Waals surface area contributed by atoms with Gasteiger partial charge in [-0.3, -0.25) is 9.69 Å². The van der Waals surface area contributed by atoms with Gasteiger partial charge in [-0.15, -0.1) is 0 Å². The van der Waals surface area contributed by atoms with Gasteiger partial charge in [-0.25, -0.2) is 0 Å². The minimum Gasteiger partial charge on any atom is -0.393 e. The molecule has 0 saturated carbocycles. The Morgan fingerprint density at radius 1 is 1.45 bits per heavy atom. The Labute approximate surface area is 120 Å². The second kappa shape index (κ2) is 6.86. The van der Waals surface area contributed by atoms with Gasteiger partial charge >= 0.3 is 0 Å². The van der Waals surface area contributed by atoms with Crippen LogP contribution >= 0.6 is 0 Å². The molecule has 0 spiro atoms. The Balaban J connectivity index is 1.81. The lowest BCUT2D eigenvalue weighted by atomic mass is 9.97. The van der Waals surface area contributed by atoms with Crippen LogP contribution in [-0.4, -0.2) is 41.7 Å². The number of aliphatic hydroxyl groups is 1. The Kier molecular flexibility index (Phi) is 5.15. The maximum absolute atomic E-state index is 12.1. The number of rotatable bonds is 4. The summed E-state index contributed by atoms with van der Waals surface area (Å²) in [5.41, 5.74) is 1.11. The summed E-state index contributed by atoms with van der Waals surface area (Å²) in [6, 6.07) is 9.99. The van der Waals surface area contributed by atoms with Crippen molar-refractivity contribution in [2.24, 2.45) is 5.92 Å². The third kappa shape index (κ3) is 4.05. The summed E-state index contributed by atoms with van der Waals surface area (Å²) < 4.78 is 0. The standard InChI is InChI=1S/C16H24N2O2/c1-12-10-18(9-8-15(12)19)11-16(20)17-13(2)14-6-4-3-5-7-14/h3-7,12-13,15,19H,8-11H2,1-2H3,(H,17,20). The van der Waals surface area contributed by atoms with E-state index >= 15 is 0 Å². The Bertz CT molecular complexity index is 435. The van der Waals surface area contributed by atoms with Crippen LogP contribution in [0.4, 0.5) is 0 Å². The van der Waals surface area contributed by atoms with Gasteiger partial charge in [0.1, 0.15) is 0 Å². The molecule has 1 aliphatic rings. The number of nitrogens with zero attached hydrogens (tertiary/aromatic N) is 1. The van der Waals surface area contributed by atoms with Crippen molar-refractivity contribution < 1.29 is 9.90 Å². The highest BCUT2D eigenvalue weighted by Gasteiger charge is 2.25. The highest BCUT2D eigenvalue weighted by molar-refractivity contribution is 5.78. The van der Waals surface area contributed by atoms with Gasteiger partial charge in [-0.1, -0.05) is 37.3 Å². The number of benzene rings is 1. The molecule has 0 aromatic heterocycles. The molecule has 2 N–H and O–H groups in total. The van der Waals surface area contributed by atoms with Crippen LogP contribution in [0.15, 0.2) is 30.3 Å². The number of likely N-dealkylation sites (tertiary alicyclic amines) is 1. The summed E-state index contributed by atoms with van der Waals surface area (Å²) in [5, 5.41) is 12.7. The van der Waals surface area contributed by atoms with Crippen molar-refractivity contribution in [1.82, 2.24) is 10.2 Å². The van der Waals surface area contributed by atoms with E-state index in [1.807, 2.05) is 44.2 Å². The van der Waals surface area contributed by atoms with Gasteiger partial charge in [-0.05, 0) is 24.8 Å². The van der Waals surface area contributed by atoms with E-state index in [2.05, 4.69) is 10.2 Å². The van der Waals surface area contributed by atoms with Crippen molar-refractivity contribution in [2.45, 2.75) is 32.4 Å². The highest BCUT2D eigenvalue weighted by Crippen LogP contribution is 2.16. The van der Waals surface area contributed by atoms with Gasteiger partial charge < -0.3 is 10.4 Å². The summed E-state index contributed by atoms with van der Waals surface area (Å²) in [6.07, 6.45) is 0.528. The van der Waals surface area contributed by atoms with Gasteiger partial charge in [0.2, 0.25) is 5.91 Å². The number of carbonyl (C=O) groups excluding carboxylic acids is 1. The Morgan fingerprint density at radius 2 is 2.15 bits per heavy atom. The molecule has 1 aromatic rings. The average Bonchev–Trinajstić information content (AvgIpc) is 2.44. The van der Waals surface area contributed by atoms with E-state index in [9.17, 15) is 9.90 Å². The van der Waals surface area contributed by atoms with Crippen LogP contribution in [0.2, 0.25) is 0 Å². The lowest BCUT2D eigenvalue weighted by molar-refractivity contribution is -0.123. The number of nitrogens with one attached hydrogen (secondary N) is 1. The van der Waals surface area contributed by atoms with Gasteiger partial charge in [0.25, 0.3) is 0 Å². The van der Waals surface area contributed by atoms with Gasteiger partial charge in [-0.2, -0.15) is 0 Å². The van der Waals surface area contributed by atoms with Gasteiger partial charge in [0.05, 0.1) is 18.7 Å². The van der Waals surface area contributed by atoms with E-state index in [-0.39, 0.29) is 24.0 Å². The molecule has 1 amide bonds. The second-order valence-electron chi connectivity index (χ2n) is 5.77. The maximum Gasteiger partial charge on any atom is 0.234 e. The van der Waals surface area contributed by atoms with Crippen molar-refractivity contribution in [1.29, 1.82) is 0 Å². The molecule has 20 heavy (non-hydrogen) atoms. The first-order chi connectivity index (χ1) is 9.56. The lowest BCUT2D eigenvalue weighted by Gasteiger charge is -2.34. The first-order valence-electron chi connectivity index (χ1n) is 7.31. The molecule has 3 atom stereocenters. The summed E-state index contributed by atoms with van der Waals surface area (Å²) >= 11 is 0. The predicted molar refractivity (Wildman–Crippen MR) is 79.2 cm³/mol. The zero-order chi connectivity index (χ0) is 14.5. The van der Waals surface area contributed by atoms with E-state index in [1.54, 1.807) is 0 Å². The number of carbonyl (C=O) groups is 1. The first kappa shape index (κ1) is 15.0. The van der Waals surface area contributed by atoms with E-state index < -0.39 is 0 Å². The summed E-state index contributed by atoms with van der Waals surface area (Å²) in [7, 11) is 0. The molecule has 0 bridgehead atoms. The van der Waals surface area contributed by atoms with Crippen molar-refractivity contribution in [3.05, 3.63) is 35.9 Å². The zero-order valence-electron chi connectivity index (χ0n) is 12.2. The van der Waals surface area contributed by atoms with E-state index in [4.69, 9.17) is 0 Å². The van der Waals surface area contributed by atoms with Crippen molar-refractivity contribution in [3.63, 3.8) is 0 Å². The molecular weight excluding hydrogens is 252 g/mol. The SMILES string of the molecule is CC(NC(=O)CN1CCC(O)C(C)C1)c1ccccc1. The van der Waals surface area contributed by atoms with Crippen molar-refractivity contribution >= 4 is 5.91 Å². The number of amides is 1. The topological polar surface area (TPSA) is 52.6 Å². The predicted octanol–water partition coefficient (Wildman–Crippen LogP) is 1.57. The second-order valence-corrected chi connectivity index (χ2v) is 5.77. The molecule has 4 heteroatoms. The fourth-order valence-corrected chi connectivity index (χ4v) is 2.68. The zero-order valence-corrected chi connectivity index (χ0v) is 12.2. The number of piperidine rings is 1. The molecular formula is C16H24N2O2. The van der Waals surface area contributed by atoms with Gasteiger partial charge in [0.15, 0.2) is 0 Å². The summed E-state index contributed by atoms with van der Waals surface area (Å²) in [5.74, 6) is 0.285. The Hall–Kier alpha value is -1.39. The fraction of sp³-hybridized carbons (Fsp3) is 0.562. The molecule has 2 rings (SSSR count). The van der Waals surface area contributed by atoms with Crippen LogP contribution in [0.25, 0.3) is 0 Å². The molecule has 1 aliphatic heterocycles. The molecule has 0 radical (unpaired) electrons. The van der Waals surface area contributed by atoms with Crippen LogP contribution in [0.1, 0.15) is 31.9 Å². The number of hydrogen-bond acceptors (Lipinski definition) is 3. The molecule has 1 saturated heterocycles. The lowest BCUT2D eigenvalue weighted by Crippen LogP contribution is -2.46. The molecule has 4 nitrogen and oxygen atoms in total. The quantitative estimate of drug-likeness (QED) is 0.877. The van der Waals surface area contributed by atoms with Crippen LogP contribution in [0.3, 0.4) is 0 Å². The largest absolute Gasteiger partial charge is 0.393 e. The minimum absolute atomic E-state index is 0.0245. The first-order valence-corrected chi connectivity index (χ1v) is 7.31. The number of aliphatic hydroxyl groups excluding tert-OH is 1. The van der Waals surface area contributed by atoms with E-state index in [0.29, 0.717) is 6.54 Å². The molecule has 110 valence electrons.